The second-order valence-corrected chi connectivity index (χ2v) is 3.35. The van der Waals surface area contributed by atoms with Crippen LogP contribution in [0.3, 0.4) is 0 Å². The van der Waals surface area contributed by atoms with E-state index in [9.17, 15) is 0 Å². The molecule has 4 nitrogen and oxygen atoms in total. The zero-order valence-electron chi connectivity index (χ0n) is 9.11. The largest absolute Gasteiger partial charge is 0.396 e. The van der Waals surface area contributed by atoms with Crippen LogP contribution >= 0.6 is 0 Å². The molecule has 0 saturated carbocycles. The SMILES string of the molecule is CC(C)[C@H](CO)N=[N+]=[N-].[B]B([B])B([B])[B]. The highest BCUT2D eigenvalue weighted by molar-refractivity contribution is 7.76. The van der Waals surface area contributed by atoms with E-state index in [0.717, 1.165) is 0 Å². The molecule has 1 N–H and O–H groups in total. The molecule has 0 spiro atoms. The molecule has 0 aliphatic carbocycles. The first kappa shape index (κ1) is 17.1. The van der Waals surface area contributed by atoms with Crippen LogP contribution in [0.4, 0.5) is 0 Å². The summed E-state index contributed by atoms with van der Waals surface area (Å²) in [6, 6.07) is -0.269. The number of azide groups is 1. The Hall–Kier alpha value is -0.340. The van der Waals surface area contributed by atoms with Crippen LogP contribution in [0.5, 0.6) is 0 Å². The van der Waals surface area contributed by atoms with Crippen molar-refractivity contribution in [1.29, 1.82) is 0 Å². The molecule has 1 atom stereocenters. The van der Waals surface area contributed by atoms with Gasteiger partial charge in [-0.2, -0.15) is 0 Å². The van der Waals surface area contributed by atoms with Crippen LogP contribution in [-0.2, 0) is 0 Å². The minimum Gasteiger partial charge on any atom is -0.396 e. The van der Waals surface area contributed by atoms with E-state index in [1.807, 2.05) is 13.8 Å². The Morgan fingerprint density at radius 1 is 1.27 bits per heavy atom. The summed E-state index contributed by atoms with van der Waals surface area (Å²) < 4.78 is 0. The van der Waals surface area contributed by atoms with Gasteiger partial charge in [0.25, 0.3) is 0 Å². The molecule has 8 radical (unpaired) electrons. The smallest absolute Gasteiger partial charge is 0.0628 e. The molecule has 0 unspecified atom stereocenters. The fraction of sp³-hybridized carbons (Fsp3) is 1.00. The van der Waals surface area contributed by atoms with Crippen molar-refractivity contribution < 1.29 is 5.11 Å². The quantitative estimate of drug-likeness (QED) is 0.266. The van der Waals surface area contributed by atoms with E-state index in [1.165, 1.54) is 0 Å². The van der Waals surface area contributed by atoms with Crippen molar-refractivity contribution >= 4 is 43.7 Å². The lowest BCUT2D eigenvalue weighted by molar-refractivity contribution is 0.238. The Balaban J connectivity index is 0. The van der Waals surface area contributed by atoms with Gasteiger partial charge in [-0.15, -0.1) is 0 Å². The first-order valence-corrected chi connectivity index (χ1v) is 4.54. The van der Waals surface area contributed by atoms with Gasteiger partial charge in [-0.1, -0.05) is 19.0 Å². The van der Waals surface area contributed by atoms with Gasteiger partial charge in [-0.25, -0.2) is 0 Å². The first-order valence-electron chi connectivity index (χ1n) is 4.54. The van der Waals surface area contributed by atoms with E-state index in [1.54, 1.807) is 0 Å². The van der Waals surface area contributed by atoms with Gasteiger partial charge in [0.2, 0.25) is 0 Å². The van der Waals surface area contributed by atoms with Crippen molar-refractivity contribution in [2.45, 2.75) is 19.9 Å². The molecule has 0 fully saturated rings. The second kappa shape index (κ2) is 10.2. The highest BCUT2D eigenvalue weighted by Gasteiger charge is 2.07. The van der Waals surface area contributed by atoms with Crippen LogP contribution < -0.4 is 0 Å². The topological polar surface area (TPSA) is 69.0 Å². The normalized spacial score (nSPS) is 10.7. The third-order valence-electron chi connectivity index (χ3n) is 1.60. The Bertz CT molecular complexity index is 189. The maximum Gasteiger partial charge on any atom is 0.0628 e. The minimum atomic E-state index is -0.593. The summed E-state index contributed by atoms with van der Waals surface area (Å²) in [6.45, 7) is 3.73. The maximum absolute atomic E-state index is 8.56. The van der Waals surface area contributed by atoms with E-state index in [-0.39, 0.29) is 18.6 Å². The highest BCUT2D eigenvalue weighted by atomic mass is 16.3. The fourth-order valence-electron chi connectivity index (χ4n) is 0.447. The lowest BCUT2D eigenvalue weighted by Gasteiger charge is -2.09. The Morgan fingerprint density at radius 2 is 1.67 bits per heavy atom. The summed E-state index contributed by atoms with van der Waals surface area (Å²) >= 11 is 0. The highest BCUT2D eigenvalue weighted by Crippen LogP contribution is 2.04. The average molecular weight is 194 g/mol. The lowest BCUT2D eigenvalue weighted by atomic mass is 8.81. The van der Waals surface area contributed by atoms with Gasteiger partial charge in [0, 0.05) is 48.6 Å². The molecule has 0 saturated heterocycles. The Labute approximate surface area is 97.3 Å². The average Bonchev–Trinajstić information content (AvgIpc) is 2.14. The maximum atomic E-state index is 8.56. The predicted octanol–water partition coefficient (Wildman–Crippen LogP) is -0.971. The molecule has 0 rings (SSSR count). The standard InChI is InChI=1S/C5H11N3O.B6/c1-4(2)5(3-9)7-8-6;1-5(2)6(3)4/h4-5,9H,3H2,1-2H3;/t5-;/m0./s1. The van der Waals surface area contributed by atoms with Crippen LogP contribution in [0, 0.1) is 5.92 Å². The summed E-state index contributed by atoms with van der Waals surface area (Å²) in [5.41, 5.74) is 7.96. The van der Waals surface area contributed by atoms with Gasteiger partial charge in [-0.3, -0.25) is 0 Å². The van der Waals surface area contributed by atoms with Gasteiger partial charge < -0.3 is 5.11 Å². The molecule has 0 aliphatic heterocycles. The van der Waals surface area contributed by atoms with E-state index in [4.69, 9.17) is 41.6 Å². The van der Waals surface area contributed by atoms with Gasteiger partial charge in [0.1, 0.15) is 0 Å². The van der Waals surface area contributed by atoms with E-state index >= 15 is 0 Å². The van der Waals surface area contributed by atoms with E-state index in [0.29, 0.717) is 0 Å². The summed E-state index contributed by atoms with van der Waals surface area (Å²) in [7, 11) is 19.9. The molecule has 10 heteroatoms. The van der Waals surface area contributed by atoms with Gasteiger partial charge >= 0.3 is 0 Å². The number of rotatable bonds is 4. The molecule has 0 aromatic rings. The number of hydrogen-bond acceptors (Lipinski definition) is 2. The second-order valence-electron chi connectivity index (χ2n) is 3.35. The summed E-state index contributed by atoms with van der Waals surface area (Å²) in [4.78, 5) is 2.59. The summed E-state index contributed by atoms with van der Waals surface area (Å²) in [5, 5.41) is 11.9. The Morgan fingerprint density at radius 3 is 1.73 bits per heavy atom. The predicted molar refractivity (Wildman–Crippen MR) is 69.4 cm³/mol. The molecule has 0 amide bonds. The molecule has 0 aromatic carbocycles. The first-order chi connectivity index (χ1) is 6.86. The lowest BCUT2D eigenvalue weighted by Crippen LogP contribution is -2.38. The van der Waals surface area contributed by atoms with Crippen LogP contribution in [0.15, 0.2) is 5.11 Å². The fourth-order valence-corrected chi connectivity index (χ4v) is 0.447. The van der Waals surface area contributed by atoms with Crippen LogP contribution in [0.2, 0.25) is 0 Å². The van der Waals surface area contributed by atoms with Crippen molar-refractivity contribution in [2.75, 3.05) is 6.61 Å². The van der Waals surface area contributed by atoms with Crippen molar-refractivity contribution in [3.05, 3.63) is 10.4 Å². The monoisotopic (exact) mass is 195 g/mol. The van der Waals surface area contributed by atoms with Gasteiger partial charge in [-0.05, 0) is 11.4 Å². The van der Waals surface area contributed by atoms with Crippen LogP contribution in [-0.4, -0.2) is 61.5 Å². The molecule has 15 heavy (non-hydrogen) atoms. The molecule has 0 heterocycles. The van der Waals surface area contributed by atoms with E-state index in [2.05, 4.69) is 10.0 Å². The van der Waals surface area contributed by atoms with Crippen molar-refractivity contribution in [2.24, 2.45) is 11.0 Å². The molecule has 0 aliphatic rings. The van der Waals surface area contributed by atoms with Crippen LogP contribution in [0.1, 0.15) is 13.8 Å². The van der Waals surface area contributed by atoms with Crippen molar-refractivity contribution in [1.82, 2.24) is 0 Å². The van der Waals surface area contributed by atoms with Crippen molar-refractivity contribution in [3.8, 4) is 0 Å². The third-order valence-corrected chi connectivity index (χ3v) is 1.60. The summed E-state index contributed by atoms with van der Waals surface area (Å²) in [5.74, 6) is 0.214. The zero-order chi connectivity index (χ0) is 12.4. The van der Waals surface area contributed by atoms with Crippen LogP contribution in [0.25, 0.3) is 10.4 Å². The molecule has 0 bridgehead atoms. The number of nitrogens with zero attached hydrogens (tertiary/aromatic N) is 3. The minimum absolute atomic E-state index is 0.0677. The number of aliphatic hydroxyl groups is 1. The zero-order valence-corrected chi connectivity index (χ0v) is 9.11. The van der Waals surface area contributed by atoms with E-state index < -0.39 is 12.8 Å². The number of aliphatic hydroxyl groups excluding tert-OH is 1. The van der Waals surface area contributed by atoms with Gasteiger partial charge in [0.05, 0.1) is 12.6 Å². The molecule has 0 aromatic heterocycles. The third kappa shape index (κ3) is 11.6. The molecule has 70 valence electrons. The molecular formula is C5H11B6N3O. The number of hydrogen-bond donors (Lipinski definition) is 1. The molecular weight excluding hydrogens is 183 g/mol. The summed E-state index contributed by atoms with van der Waals surface area (Å²) in [6.07, 6.45) is -1.19. The van der Waals surface area contributed by atoms with Crippen molar-refractivity contribution in [3.63, 3.8) is 0 Å². The van der Waals surface area contributed by atoms with Gasteiger partial charge in [0.15, 0.2) is 0 Å². The Kier molecular flexibility index (Phi) is 11.6.